The number of carbonyl (C=O) groups is 3. The molecule has 9 heteroatoms. The molecule has 0 bridgehead atoms. The van der Waals surface area contributed by atoms with Gasteiger partial charge in [0.15, 0.2) is 11.5 Å². The smallest absolute Gasteiger partial charge is 0.324 e. The van der Waals surface area contributed by atoms with Gasteiger partial charge in [-0.25, -0.2) is 4.79 Å². The van der Waals surface area contributed by atoms with Crippen molar-refractivity contribution in [3.8, 4) is 28.4 Å². The first kappa shape index (κ1) is 27.8. The zero-order valence-electron chi connectivity index (χ0n) is 22.3. The Hall–Kier alpha value is -3.75. The molecule has 0 spiro atoms. The number of methoxy groups -OCH3 is 3. The Morgan fingerprint density at radius 1 is 0.919 bits per heavy atom. The van der Waals surface area contributed by atoms with E-state index in [1.807, 2.05) is 48.3 Å². The molecule has 2 aliphatic heterocycles. The third-order valence-corrected chi connectivity index (χ3v) is 6.74. The fourth-order valence-corrected chi connectivity index (χ4v) is 4.51. The third-order valence-electron chi connectivity index (χ3n) is 6.74. The van der Waals surface area contributed by atoms with E-state index in [2.05, 4.69) is 12.2 Å². The molecule has 1 N–H and O–H groups in total. The second-order valence-electron chi connectivity index (χ2n) is 9.11. The highest BCUT2D eigenvalue weighted by Crippen LogP contribution is 2.41. The van der Waals surface area contributed by atoms with Gasteiger partial charge in [-0.15, -0.1) is 0 Å². The van der Waals surface area contributed by atoms with Crippen LogP contribution in [0.1, 0.15) is 38.2 Å². The van der Waals surface area contributed by atoms with E-state index in [0.29, 0.717) is 29.1 Å². The average Bonchev–Trinajstić information content (AvgIpc) is 3.14. The number of carbonyl (C=O) groups excluding carboxylic acids is 3. The minimum atomic E-state index is -0.358. The van der Waals surface area contributed by atoms with Gasteiger partial charge in [-0.3, -0.25) is 14.5 Å². The van der Waals surface area contributed by atoms with Crippen LogP contribution in [0.3, 0.4) is 0 Å². The van der Waals surface area contributed by atoms with Crippen LogP contribution in [0.4, 0.5) is 4.79 Å². The maximum absolute atomic E-state index is 11.7. The monoisotopic (exact) mass is 511 g/mol. The molecule has 200 valence electrons. The van der Waals surface area contributed by atoms with E-state index in [1.54, 1.807) is 21.3 Å². The number of hydrogen-bond donors (Lipinski definition) is 1. The van der Waals surface area contributed by atoms with Crippen molar-refractivity contribution < 1.29 is 28.6 Å². The summed E-state index contributed by atoms with van der Waals surface area (Å²) in [5, 5.41) is 2.51. The quantitative estimate of drug-likeness (QED) is 0.563. The Morgan fingerprint density at radius 3 is 2.08 bits per heavy atom. The van der Waals surface area contributed by atoms with Gasteiger partial charge in [-0.1, -0.05) is 37.6 Å². The van der Waals surface area contributed by atoms with Crippen molar-refractivity contribution in [1.82, 2.24) is 15.1 Å². The van der Waals surface area contributed by atoms with Crippen LogP contribution < -0.4 is 19.5 Å². The Morgan fingerprint density at radius 2 is 1.57 bits per heavy atom. The van der Waals surface area contributed by atoms with Crippen LogP contribution >= 0.6 is 0 Å². The van der Waals surface area contributed by atoms with Crippen LogP contribution in [0.25, 0.3) is 11.1 Å². The Kier molecular flexibility index (Phi) is 9.77. The topological polar surface area (TPSA) is 97.4 Å². The lowest BCUT2D eigenvalue weighted by atomic mass is 10.00. The first-order valence-corrected chi connectivity index (χ1v) is 12.5. The molecule has 0 aromatic heterocycles. The lowest BCUT2D eigenvalue weighted by molar-refractivity contribution is -0.133. The van der Waals surface area contributed by atoms with Crippen molar-refractivity contribution in [2.75, 3.05) is 41.5 Å². The number of amides is 4. The van der Waals surface area contributed by atoms with Crippen LogP contribution in [-0.2, 0) is 16.1 Å². The number of rotatable bonds is 7. The van der Waals surface area contributed by atoms with Crippen LogP contribution in [0.15, 0.2) is 36.4 Å². The largest absolute Gasteiger partial charge is 0.493 e. The Bertz CT molecular complexity index is 1060. The summed E-state index contributed by atoms with van der Waals surface area (Å²) < 4.78 is 16.1. The van der Waals surface area contributed by atoms with E-state index < -0.39 is 0 Å². The fourth-order valence-electron chi connectivity index (χ4n) is 4.51. The number of nitrogens with one attached hydrogen (secondary N) is 1. The molecule has 2 heterocycles. The van der Waals surface area contributed by atoms with Gasteiger partial charge in [0.25, 0.3) is 0 Å². The van der Waals surface area contributed by atoms with Crippen LogP contribution in [0, 0.1) is 5.92 Å². The van der Waals surface area contributed by atoms with E-state index in [1.165, 1.54) is 17.7 Å². The standard InChI is InChI=1S/C19H20N2O5.C9H17NO/c1-24-15-8-14(9-16(25-2)18(15)26-3)13-6-4-12(5-7-13)11-21-17(22)10-20-19(21)23;1-3-8-6-4-5-7-10(2)9(8)11/h4-9H,10-11H2,1-3H3,(H,20,23);8H,3-7H2,1-2H3. The van der Waals surface area contributed by atoms with E-state index in [-0.39, 0.29) is 25.0 Å². The summed E-state index contributed by atoms with van der Waals surface area (Å²) in [6.45, 7) is 3.36. The molecule has 2 aromatic carbocycles. The highest BCUT2D eigenvalue weighted by molar-refractivity contribution is 6.01. The summed E-state index contributed by atoms with van der Waals surface area (Å²) in [6, 6.07) is 11.0. The van der Waals surface area contributed by atoms with Gasteiger partial charge in [0, 0.05) is 19.5 Å². The summed E-state index contributed by atoms with van der Waals surface area (Å²) in [4.78, 5) is 37.9. The Labute approximate surface area is 218 Å². The maximum Gasteiger partial charge on any atom is 0.324 e. The lowest BCUT2D eigenvalue weighted by Crippen LogP contribution is -2.30. The molecular formula is C28H37N3O6. The highest BCUT2D eigenvalue weighted by Gasteiger charge is 2.28. The third kappa shape index (κ3) is 6.72. The second-order valence-corrected chi connectivity index (χ2v) is 9.11. The molecule has 4 amide bonds. The molecule has 2 aliphatic rings. The van der Waals surface area contributed by atoms with Gasteiger partial charge >= 0.3 is 6.03 Å². The van der Waals surface area contributed by atoms with Crippen molar-refractivity contribution in [2.45, 2.75) is 39.2 Å². The maximum atomic E-state index is 11.7. The molecule has 9 nitrogen and oxygen atoms in total. The lowest BCUT2D eigenvalue weighted by Gasteiger charge is -2.18. The van der Waals surface area contributed by atoms with Crippen molar-refractivity contribution in [1.29, 1.82) is 0 Å². The molecule has 2 aromatic rings. The minimum absolute atomic E-state index is 0.0579. The molecule has 4 rings (SSSR count). The number of ether oxygens (including phenoxy) is 3. The highest BCUT2D eigenvalue weighted by atomic mass is 16.5. The van der Waals surface area contributed by atoms with Gasteiger partial charge in [0.1, 0.15) is 0 Å². The number of benzene rings is 2. The molecule has 1 unspecified atom stereocenters. The molecular weight excluding hydrogens is 474 g/mol. The zero-order chi connectivity index (χ0) is 26.9. The molecule has 0 saturated carbocycles. The molecule has 2 fully saturated rings. The number of imide groups is 1. The number of likely N-dealkylation sites (tertiary alicyclic amines) is 1. The summed E-state index contributed by atoms with van der Waals surface area (Å²) in [5.74, 6) is 2.13. The number of nitrogens with zero attached hydrogens (tertiary/aromatic N) is 2. The molecule has 1 atom stereocenters. The molecule has 2 saturated heterocycles. The molecule has 0 aliphatic carbocycles. The van der Waals surface area contributed by atoms with Gasteiger partial charge in [0.2, 0.25) is 17.6 Å². The number of hydrogen-bond acceptors (Lipinski definition) is 6. The van der Waals surface area contributed by atoms with Crippen LogP contribution in [-0.4, -0.2) is 69.1 Å². The first-order chi connectivity index (χ1) is 17.8. The van der Waals surface area contributed by atoms with Gasteiger partial charge in [0.05, 0.1) is 34.4 Å². The van der Waals surface area contributed by atoms with E-state index in [9.17, 15) is 14.4 Å². The zero-order valence-corrected chi connectivity index (χ0v) is 22.3. The van der Waals surface area contributed by atoms with E-state index in [0.717, 1.165) is 36.1 Å². The predicted octanol–water partition coefficient (Wildman–Crippen LogP) is 4.09. The summed E-state index contributed by atoms with van der Waals surface area (Å²) >= 11 is 0. The van der Waals surface area contributed by atoms with Crippen molar-refractivity contribution >= 4 is 17.8 Å². The van der Waals surface area contributed by atoms with Crippen molar-refractivity contribution in [2.24, 2.45) is 5.92 Å². The SMILES string of the molecule is CCC1CCCCN(C)C1=O.COc1cc(-c2ccc(CN3C(=O)CNC3=O)cc2)cc(OC)c1OC. The number of urea groups is 1. The molecule has 0 radical (unpaired) electrons. The summed E-state index contributed by atoms with van der Waals surface area (Å²) in [5.41, 5.74) is 2.72. The predicted molar refractivity (Wildman–Crippen MR) is 141 cm³/mol. The summed E-state index contributed by atoms with van der Waals surface area (Å²) in [7, 11) is 6.62. The fraction of sp³-hybridized carbons (Fsp3) is 0.464. The van der Waals surface area contributed by atoms with Gasteiger partial charge in [-0.2, -0.15) is 0 Å². The first-order valence-electron chi connectivity index (χ1n) is 12.5. The van der Waals surface area contributed by atoms with Gasteiger partial charge in [-0.05, 0) is 48.1 Å². The Balaban J connectivity index is 0.000000289. The summed E-state index contributed by atoms with van der Waals surface area (Å²) in [6.07, 6.45) is 4.50. The van der Waals surface area contributed by atoms with Crippen LogP contribution in [0.5, 0.6) is 17.2 Å². The molecule has 37 heavy (non-hydrogen) atoms. The average molecular weight is 512 g/mol. The second kappa shape index (κ2) is 13.0. The normalized spacial score (nSPS) is 17.5. The van der Waals surface area contributed by atoms with Crippen LogP contribution in [0.2, 0.25) is 0 Å². The van der Waals surface area contributed by atoms with E-state index in [4.69, 9.17) is 14.2 Å². The van der Waals surface area contributed by atoms with Gasteiger partial charge < -0.3 is 24.4 Å². The minimum Gasteiger partial charge on any atom is -0.493 e. The van der Waals surface area contributed by atoms with Crippen molar-refractivity contribution in [3.63, 3.8) is 0 Å². The van der Waals surface area contributed by atoms with E-state index >= 15 is 0 Å². The van der Waals surface area contributed by atoms with Crippen molar-refractivity contribution in [3.05, 3.63) is 42.0 Å².